The predicted molar refractivity (Wildman–Crippen MR) is 180 cm³/mol. The van der Waals surface area contributed by atoms with Gasteiger partial charge in [-0.3, -0.25) is 29.0 Å². The van der Waals surface area contributed by atoms with E-state index in [2.05, 4.69) is 26.3 Å². The average Bonchev–Trinajstić information content (AvgIpc) is 3.77. The van der Waals surface area contributed by atoms with Crippen molar-refractivity contribution in [2.24, 2.45) is 5.11 Å². The summed E-state index contributed by atoms with van der Waals surface area (Å²) in [4.78, 5) is 53.2. The Balaban J connectivity index is 0.000000231. The summed E-state index contributed by atoms with van der Waals surface area (Å²) in [5, 5.41) is 11.2. The molecule has 0 spiro atoms. The van der Waals surface area contributed by atoms with Crippen molar-refractivity contribution >= 4 is 23.6 Å². The van der Waals surface area contributed by atoms with Crippen LogP contribution in [0, 0.1) is 12.3 Å². The number of aromatic nitrogens is 3. The van der Waals surface area contributed by atoms with E-state index in [0.717, 1.165) is 4.90 Å². The molecule has 0 atom stereocenters. The smallest absolute Gasteiger partial charge is 0.261 e. The van der Waals surface area contributed by atoms with Crippen molar-refractivity contribution in [2.45, 2.75) is 46.8 Å². The lowest BCUT2D eigenvalue weighted by molar-refractivity contribution is -0.144. The van der Waals surface area contributed by atoms with E-state index < -0.39 is 12.6 Å². The topological polar surface area (TPSA) is 191 Å². The lowest BCUT2D eigenvalue weighted by Crippen LogP contribution is -2.33. The predicted octanol–water partition coefficient (Wildman–Crippen LogP) is 4.26. The van der Waals surface area contributed by atoms with Crippen LogP contribution in [0.1, 0.15) is 81.1 Å². The number of imide groups is 2. The summed E-state index contributed by atoms with van der Waals surface area (Å²) >= 11 is 0. The molecule has 16 heteroatoms. The number of fused-ring (bicyclic) bond motifs is 2. The van der Waals surface area contributed by atoms with Crippen LogP contribution in [0.15, 0.2) is 59.8 Å². The fourth-order valence-electron chi connectivity index (χ4n) is 4.86. The summed E-state index contributed by atoms with van der Waals surface area (Å²) < 4.78 is 22.7. The maximum atomic E-state index is 12.4. The standard InChI is InChI=1S/C17H20N4O4.C10H8N4O2.C7H12O2/c1-3-24-17(25-4-2)14-11-18-19-21(14)10-9-20-15(22)12-7-5-6-8-13(12)16(20)23;11-13-12-5-6-14-9(15)7-3-1-2-4-8(7)10(14)16;1-4-7(8-5-2)9-6-3/h5-8,11,17H,3-4,9-10H2,1-2H3;1-4H,5-6H2;1,7H,5-6H2,2-3H3. The summed E-state index contributed by atoms with van der Waals surface area (Å²) in [7, 11) is 0. The summed E-state index contributed by atoms with van der Waals surface area (Å²) in [5.74, 6) is 1.14. The largest absolute Gasteiger partial charge is 0.347 e. The molecule has 2 aromatic carbocycles. The monoisotopic (exact) mass is 688 g/mol. The molecule has 264 valence electrons. The second-order valence-corrected chi connectivity index (χ2v) is 10.1. The van der Waals surface area contributed by atoms with Crippen molar-refractivity contribution in [3.63, 3.8) is 0 Å². The molecule has 4 amide bonds. The van der Waals surface area contributed by atoms with E-state index in [1.807, 2.05) is 27.7 Å². The molecule has 0 fully saturated rings. The van der Waals surface area contributed by atoms with Crippen molar-refractivity contribution in [3.8, 4) is 12.3 Å². The van der Waals surface area contributed by atoms with Crippen molar-refractivity contribution in [2.75, 3.05) is 46.1 Å². The van der Waals surface area contributed by atoms with Crippen molar-refractivity contribution < 1.29 is 38.1 Å². The molecular weight excluding hydrogens is 648 g/mol. The zero-order valence-electron chi connectivity index (χ0n) is 28.4. The Hall–Kier alpha value is -5.43. The van der Waals surface area contributed by atoms with Gasteiger partial charge in [0.05, 0.1) is 35.0 Å². The minimum Gasteiger partial charge on any atom is -0.347 e. The minimum absolute atomic E-state index is 0.0992. The Morgan fingerprint density at radius 2 is 1.18 bits per heavy atom. The number of carbonyl (C=O) groups is 4. The third kappa shape index (κ3) is 9.82. The van der Waals surface area contributed by atoms with E-state index in [1.54, 1.807) is 59.4 Å². The van der Waals surface area contributed by atoms with Crippen LogP contribution in [0.3, 0.4) is 0 Å². The number of carbonyl (C=O) groups excluding carboxylic acids is 4. The van der Waals surface area contributed by atoms with Gasteiger partial charge in [-0.25, -0.2) is 4.68 Å². The van der Waals surface area contributed by atoms with Gasteiger partial charge in [0.25, 0.3) is 23.6 Å². The summed E-state index contributed by atoms with van der Waals surface area (Å²) in [6.45, 7) is 10.4. The average molecular weight is 689 g/mol. The van der Waals surface area contributed by atoms with Gasteiger partial charge in [-0.2, -0.15) is 0 Å². The van der Waals surface area contributed by atoms with Gasteiger partial charge >= 0.3 is 0 Å². The van der Waals surface area contributed by atoms with E-state index in [1.165, 1.54) is 4.90 Å². The van der Waals surface area contributed by atoms with Crippen LogP contribution in [0.5, 0.6) is 0 Å². The number of rotatable bonds is 15. The Morgan fingerprint density at radius 1 is 0.740 bits per heavy atom. The molecular formula is C34H40N8O8. The molecule has 0 aliphatic carbocycles. The van der Waals surface area contributed by atoms with Gasteiger partial charge in [0.15, 0.2) is 0 Å². The Labute approximate surface area is 289 Å². The van der Waals surface area contributed by atoms with Crippen LogP contribution in [-0.2, 0) is 25.5 Å². The molecule has 0 N–H and O–H groups in total. The number of terminal acetylenes is 1. The third-order valence-electron chi connectivity index (χ3n) is 7.08. The van der Waals surface area contributed by atoms with Crippen LogP contribution in [-0.4, -0.2) is 101 Å². The fourth-order valence-corrected chi connectivity index (χ4v) is 4.86. The highest BCUT2D eigenvalue weighted by atomic mass is 16.7. The van der Waals surface area contributed by atoms with Crippen LogP contribution in [0.2, 0.25) is 0 Å². The van der Waals surface area contributed by atoms with Gasteiger partial charge in [-0.05, 0) is 63.4 Å². The molecule has 0 radical (unpaired) electrons. The SMILES string of the molecule is C#CC(OCC)OCC.CCOC(OCC)c1cnnn1CCN1C(=O)c2ccccc2C1=O.[N-]=[N+]=NCCN1C(=O)c2ccccc2C1=O. The number of ether oxygens (including phenoxy) is 4. The molecule has 5 rings (SSSR count). The number of hydrogen-bond acceptors (Lipinski definition) is 11. The number of nitrogens with zero attached hydrogens (tertiary/aromatic N) is 8. The van der Waals surface area contributed by atoms with Gasteiger partial charge in [0, 0.05) is 51.0 Å². The van der Waals surface area contributed by atoms with Crippen molar-refractivity contribution in [1.82, 2.24) is 24.8 Å². The van der Waals surface area contributed by atoms with Crippen LogP contribution < -0.4 is 0 Å². The molecule has 2 aliphatic heterocycles. The first kappa shape index (κ1) is 39.0. The Morgan fingerprint density at radius 3 is 1.58 bits per heavy atom. The van der Waals surface area contributed by atoms with Gasteiger partial charge in [-0.1, -0.05) is 34.6 Å². The highest BCUT2D eigenvalue weighted by molar-refractivity contribution is 6.22. The van der Waals surface area contributed by atoms with Crippen molar-refractivity contribution in [3.05, 3.63) is 93.1 Å². The first-order valence-electron chi connectivity index (χ1n) is 16.0. The number of benzene rings is 2. The summed E-state index contributed by atoms with van der Waals surface area (Å²) in [6, 6.07) is 13.5. The van der Waals surface area contributed by atoms with E-state index in [9.17, 15) is 19.2 Å². The first-order chi connectivity index (χ1) is 24.3. The molecule has 0 unspecified atom stereocenters. The molecule has 0 saturated carbocycles. The maximum Gasteiger partial charge on any atom is 0.261 e. The third-order valence-corrected chi connectivity index (χ3v) is 7.08. The molecule has 0 bridgehead atoms. The van der Waals surface area contributed by atoms with Crippen molar-refractivity contribution in [1.29, 1.82) is 0 Å². The molecule has 1 aromatic heterocycles. The lowest BCUT2D eigenvalue weighted by Gasteiger charge is -2.19. The molecule has 3 aromatic rings. The highest BCUT2D eigenvalue weighted by Gasteiger charge is 2.35. The first-order valence-corrected chi connectivity index (χ1v) is 16.0. The van der Waals surface area contributed by atoms with E-state index in [4.69, 9.17) is 30.9 Å². The normalized spacial score (nSPS) is 13.0. The molecule has 16 nitrogen and oxygen atoms in total. The zero-order chi connectivity index (χ0) is 36.5. The fraction of sp³-hybridized carbons (Fsp3) is 0.412. The zero-order valence-corrected chi connectivity index (χ0v) is 28.4. The molecule has 2 aliphatic rings. The van der Waals surface area contributed by atoms with Crippen LogP contribution in [0.4, 0.5) is 0 Å². The van der Waals surface area contributed by atoms with E-state index in [0.29, 0.717) is 60.9 Å². The Kier molecular flexibility index (Phi) is 15.7. The van der Waals surface area contributed by atoms with E-state index in [-0.39, 0.29) is 43.3 Å². The van der Waals surface area contributed by atoms with Gasteiger partial charge in [0.1, 0.15) is 5.69 Å². The Bertz CT molecular complexity index is 1630. The second-order valence-electron chi connectivity index (χ2n) is 10.1. The quantitative estimate of drug-likeness (QED) is 0.0557. The number of azide groups is 1. The highest BCUT2D eigenvalue weighted by Crippen LogP contribution is 2.24. The minimum atomic E-state index is -0.577. The van der Waals surface area contributed by atoms with Crippen LogP contribution in [0.25, 0.3) is 10.4 Å². The van der Waals surface area contributed by atoms with Crippen LogP contribution >= 0.6 is 0 Å². The second kappa shape index (κ2) is 20.2. The number of hydrogen-bond donors (Lipinski definition) is 0. The summed E-state index contributed by atoms with van der Waals surface area (Å²) in [6.07, 6.45) is 5.58. The summed E-state index contributed by atoms with van der Waals surface area (Å²) in [5.41, 5.74) is 10.5. The van der Waals surface area contributed by atoms with E-state index >= 15 is 0 Å². The molecule has 50 heavy (non-hydrogen) atoms. The number of amides is 4. The molecule has 0 saturated heterocycles. The lowest BCUT2D eigenvalue weighted by atomic mass is 10.1. The maximum absolute atomic E-state index is 12.4. The van der Waals surface area contributed by atoms with Gasteiger partial charge in [-0.15, -0.1) is 11.5 Å². The van der Waals surface area contributed by atoms with Gasteiger partial charge < -0.3 is 18.9 Å². The molecule has 3 heterocycles. The van der Waals surface area contributed by atoms with Gasteiger partial charge in [0.2, 0.25) is 12.6 Å².